The lowest BCUT2D eigenvalue weighted by Gasteiger charge is -2.28. The highest BCUT2D eigenvalue weighted by molar-refractivity contribution is 6.02. The van der Waals surface area contributed by atoms with Crippen LogP contribution in [0.2, 0.25) is 0 Å². The molecule has 0 saturated heterocycles. The molecule has 0 amide bonds. The summed E-state index contributed by atoms with van der Waals surface area (Å²) in [5.74, 6) is -0.159. The molecule has 35 heavy (non-hydrogen) atoms. The predicted molar refractivity (Wildman–Crippen MR) is 138 cm³/mol. The minimum Gasteiger partial charge on any atom is -0.493 e. The van der Waals surface area contributed by atoms with Gasteiger partial charge in [-0.05, 0) is 62.8 Å². The summed E-state index contributed by atoms with van der Waals surface area (Å²) in [6.07, 6.45) is 0.687. The first-order valence-electron chi connectivity index (χ1n) is 12.0. The molecule has 178 valence electrons. The van der Waals surface area contributed by atoms with Crippen LogP contribution in [-0.2, 0) is 16.0 Å². The van der Waals surface area contributed by atoms with Gasteiger partial charge in [-0.25, -0.2) is 9.78 Å². The first-order chi connectivity index (χ1) is 16.8. The van der Waals surface area contributed by atoms with E-state index in [0.29, 0.717) is 17.9 Å². The van der Waals surface area contributed by atoms with Crippen molar-refractivity contribution >= 4 is 16.7 Å². The van der Waals surface area contributed by atoms with E-state index < -0.39 is 17.7 Å². The van der Waals surface area contributed by atoms with Gasteiger partial charge in [-0.3, -0.25) is 0 Å². The first kappa shape index (κ1) is 23.1. The fraction of sp³-hybridized carbons (Fsp3) is 0.267. The number of carbonyl (C=O) groups is 1. The van der Waals surface area contributed by atoms with Crippen LogP contribution in [-0.4, -0.2) is 28.3 Å². The van der Waals surface area contributed by atoms with Crippen molar-refractivity contribution in [3.05, 3.63) is 83.9 Å². The van der Waals surface area contributed by atoms with Crippen LogP contribution in [0.1, 0.15) is 44.4 Å². The first-order valence-corrected chi connectivity index (χ1v) is 12.0. The number of ether oxygens (including phenoxy) is 2. The number of carboxylic acid groups (broad SMARTS) is 1. The normalized spacial score (nSPS) is 14.3. The lowest BCUT2D eigenvalue weighted by Crippen LogP contribution is -2.28. The SMILES string of the molecule is CC(C)(C)O[C@H](C(=O)O)c1c(-c2ccc3c(c2)CCCO3)nc(-c2ccccc2)c2ccccc12. The summed E-state index contributed by atoms with van der Waals surface area (Å²) in [6, 6.07) is 23.9. The van der Waals surface area contributed by atoms with E-state index >= 15 is 0 Å². The van der Waals surface area contributed by atoms with Gasteiger partial charge in [-0.2, -0.15) is 0 Å². The number of pyridine rings is 1. The molecule has 1 aliphatic rings. The summed E-state index contributed by atoms with van der Waals surface area (Å²) in [7, 11) is 0. The van der Waals surface area contributed by atoms with Gasteiger partial charge in [0, 0.05) is 22.1 Å². The molecule has 1 aromatic heterocycles. The molecule has 0 unspecified atom stereocenters. The standard InChI is InChI=1S/C30H29NO4/c1-30(2,3)35-28(29(32)33)25-22-13-7-8-14-23(22)26(19-10-5-4-6-11-19)31-27(25)21-15-16-24-20(18-21)12-9-17-34-24/h4-8,10-11,13-16,18,28H,9,12,17H2,1-3H3,(H,32,33)/t28-/m0/s1. The minimum atomic E-state index is -1.18. The third-order valence-electron chi connectivity index (χ3n) is 6.14. The quantitative estimate of drug-likeness (QED) is 0.348. The Labute approximate surface area is 205 Å². The highest BCUT2D eigenvalue weighted by Gasteiger charge is 2.32. The van der Waals surface area contributed by atoms with Crippen LogP contribution in [0.25, 0.3) is 33.3 Å². The Morgan fingerprint density at radius 1 is 0.943 bits per heavy atom. The molecule has 0 fully saturated rings. The summed E-state index contributed by atoms with van der Waals surface area (Å²) < 4.78 is 12.0. The van der Waals surface area contributed by atoms with Crippen molar-refractivity contribution < 1.29 is 19.4 Å². The summed E-state index contributed by atoms with van der Waals surface area (Å²) in [4.78, 5) is 17.8. The molecule has 2 heterocycles. The van der Waals surface area contributed by atoms with Crippen molar-refractivity contribution in [3.63, 3.8) is 0 Å². The van der Waals surface area contributed by atoms with Gasteiger partial charge < -0.3 is 14.6 Å². The monoisotopic (exact) mass is 467 g/mol. The predicted octanol–water partition coefficient (Wildman–Crippen LogP) is 6.83. The second kappa shape index (κ2) is 9.16. The molecular formula is C30H29NO4. The largest absolute Gasteiger partial charge is 0.493 e. The molecule has 3 aromatic carbocycles. The lowest BCUT2D eigenvalue weighted by atomic mass is 9.91. The average molecular weight is 468 g/mol. The van der Waals surface area contributed by atoms with E-state index in [1.807, 2.05) is 87.5 Å². The maximum Gasteiger partial charge on any atom is 0.337 e. The number of aromatic nitrogens is 1. The van der Waals surface area contributed by atoms with E-state index in [1.165, 1.54) is 0 Å². The smallest absolute Gasteiger partial charge is 0.337 e. The summed E-state index contributed by atoms with van der Waals surface area (Å²) in [6.45, 7) is 6.32. The molecular weight excluding hydrogens is 438 g/mol. The Morgan fingerprint density at radius 2 is 1.66 bits per heavy atom. The Morgan fingerprint density at radius 3 is 2.37 bits per heavy atom. The lowest BCUT2D eigenvalue weighted by molar-refractivity contribution is -0.160. The van der Waals surface area contributed by atoms with Crippen LogP contribution >= 0.6 is 0 Å². The van der Waals surface area contributed by atoms with E-state index in [0.717, 1.165) is 51.7 Å². The molecule has 5 heteroatoms. The number of hydrogen-bond acceptors (Lipinski definition) is 4. The Bertz CT molecular complexity index is 1390. The number of benzene rings is 3. The second-order valence-electron chi connectivity index (χ2n) is 9.86. The molecule has 0 radical (unpaired) electrons. The average Bonchev–Trinajstić information content (AvgIpc) is 2.86. The van der Waals surface area contributed by atoms with Crippen molar-refractivity contribution in [2.45, 2.75) is 45.3 Å². The van der Waals surface area contributed by atoms with Crippen LogP contribution in [0, 0.1) is 0 Å². The Kier molecular flexibility index (Phi) is 6.03. The molecule has 4 aromatic rings. The van der Waals surface area contributed by atoms with Gasteiger partial charge in [-0.1, -0.05) is 54.6 Å². The number of fused-ring (bicyclic) bond motifs is 2. The maximum absolute atomic E-state index is 12.6. The highest BCUT2D eigenvalue weighted by atomic mass is 16.5. The van der Waals surface area contributed by atoms with E-state index in [2.05, 4.69) is 6.07 Å². The molecule has 5 rings (SSSR count). The second-order valence-corrected chi connectivity index (χ2v) is 9.86. The maximum atomic E-state index is 12.6. The molecule has 0 aliphatic carbocycles. The zero-order chi connectivity index (χ0) is 24.6. The Balaban J connectivity index is 1.84. The van der Waals surface area contributed by atoms with Gasteiger partial charge in [0.15, 0.2) is 6.10 Å². The number of hydrogen-bond donors (Lipinski definition) is 1. The van der Waals surface area contributed by atoms with Crippen molar-refractivity contribution in [2.75, 3.05) is 6.61 Å². The Hall–Kier alpha value is -3.70. The number of aliphatic carboxylic acids is 1. The minimum absolute atomic E-state index is 0.569. The number of rotatable bonds is 5. The van der Waals surface area contributed by atoms with E-state index in [1.54, 1.807) is 0 Å². The number of aryl methyl sites for hydroxylation is 1. The molecule has 1 N–H and O–H groups in total. The van der Waals surface area contributed by atoms with Crippen LogP contribution in [0.5, 0.6) is 5.75 Å². The molecule has 5 nitrogen and oxygen atoms in total. The number of nitrogens with zero attached hydrogens (tertiary/aromatic N) is 1. The zero-order valence-electron chi connectivity index (χ0n) is 20.2. The third-order valence-corrected chi connectivity index (χ3v) is 6.14. The summed E-state index contributed by atoms with van der Waals surface area (Å²) in [5.41, 5.74) is 4.28. The van der Waals surface area contributed by atoms with Gasteiger partial charge in [0.2, 0.25) is 0 Å². The van der Waals surface area contributed by atoms with Crippen LogP contribution in [0.15, 0.2) is 72.8 Å². The van der Waals surface area contributed by atoms with Crippen LogP contribution < -0.4 is 4.74 Å². The fourth-order valence-electron chi connectivity index (χ4n) is 4.68. The molecule has 1 atom stereocenters. The molecule has 1 aliphatic heterocycles. The highest BCUT2D eigenvalue weighted by Crippen LogP contribution is 2.41. The fourth-order valence-corrected chi connectivity index (χ4v) is 4.68. The molecule has 0 spiro atoms. The van der Waals surface area contributed by atoms with Crippen LogP contribution in [0.4, 0.5) is 0 Å². The van der Waals surface area contributed by atoms with Crippen molar-refractivity contribution in [1.29, 1.82) is 0 Å². The van der Waals surface area contributed by atoms with Crippen molar-refractivity contribution in [3.8, 4) is 28.3 Å². The zero-order valence-corrected chi connectivity index (χ0v) is 20.2. The summed E-state index contributed by atoms with van der Waals surface area (Å²) in [5, 5.41) is 12.0. The van der Waals surface area contributed by atoms with Gasteiger partial charge >= 0.3 is 5.97 Å². The van der Waals surface area contributed by atoms with E-state index in [9.17, 15) is 9.90 Å². The van der Waals surface area contributed by atoms with Crippen molar-refractivity contribution in [1.82, 2.24) is 4.98 Å². The molecule has 0 bridgehead atoms. The van der Waals surface area contributed by atoms with Gasteiger partial charge in [0.25, 0.3) is 0 Å². The van der Waals surface area contributed by atoms with Gasteiger partial charge in [-0.15, -0.1) is 0 Å². The molecule has 0 saturated carbocycles. The number of carboxylic acids is 1. The third kappa shape index (κ3) is 4.64. The summed E-state index contributed by atoms with van der Waals surface area (Å²) >= 11 is 0. The van der Waals surface area contributed by atoms with E-state index in [-0.39, 0.29) is 0 Å². The van der Waals surface area contributed by atoms with E-state index in [4.69, 9.17) is 14.5 Å². The van der Waals surface area contributed by atoms with Gasteiger partial charge in [0.1, 0.15) is 5.75 Å². The van der Waals surface area contributed by atoms with Crippen molar-refractivity contribution in [2.24, 2.45) is 0 Å². The topological polar surface area (TPSA) is 68.7 Å². The van der Waals surface area contributed by atoms with Crippen LogP contribution in [0.3, 0.4) is 0 Å². The van der Waals surface area contributed by atoms with Gasteiger partial charge in [0.05, 0.1) is 23.6 Å².